The minimum Gasteiger partial charge on any atom is -0.399 e. The number of carbonyl (C=O) groups excluding carboxylic acids is 2. The molecule has 0 bridgehead atoms. The maximum Gasteiger partial charge on any atom is 0.254 e. The standard InChI is InChI=1S/C18H27N3O2/c1-3-5-17(22)20-11-14-6-4-9-21(12-14)18(23)16-10-15(19)8-7-13(16)2/h7-8,10,14H,3-6,9,11-12,19H2,1-2H3,(H,20,22). The average Bonchev–Trinajstić information content (AvgIpc) is 2.55. The Hall–Kier alpha value is -2.04. The first-order chi connectivity index (χ1) is 11.0. The van der Waals surface area contributed by atoms with Crippen LogP contribution in [0.2, 0.25) is 0 Å². The highest BCUT2D eigenvalue weighted by Gasteiger charge is 2.25. The van der Waals surface area contributed by atoms with Crippen LogP contribution in [0.1, 0.15) is 48.5 Å². The molecule has 0 aromatic heterocycles. The molecule has 2 amide bonds. The largest absolute Gasteiger partial charge is 0.399 e. The van der Waals surface area contributed by atoms with Crippen molar-refractivity contribution in [1.82, 2.24) is 10.2 Å². The van der Waals surface area contributed by atoms with Crippen LogP contribution in [0.15, 0.2) is 18.2 Å². The average molecular weight is 317 g/mol. The Morgan fingerprint density at radius 1 is 1.39 bits per heavy atom. The first-order valence-corrected chi connectivity index (χ1v) is 8.43. The van der Waals surface area contributed by atoms with Gasteiger partial charge in [0.05, 0.1) is 0 Å². The van der Waals surface area contributed by atoms with E-state index in [-0.39, 0.29) is 11.8 Å². The van der Waals surface area contributed by atoms with Gasteiger partial charge in [-0.2, -0.15) is 0 Å². The lowest BCUT2D eigenvalue weighted by Gasteiger charge is -2.33. The van der Waals surface area contributed by atoms with Gasteiger partial charge >= 0.3 is 0 Å². The first-order valence-electron chi connectivity index (χ1n) is 8.43. The van der Waals surface area contributed by atoms with Gasteiger partial charge in [-0.3, -0.25) is 9.59 Å². The molecule has 3 N–H and O–H groups in total. The van der Waals surface area contributed by atoms with Crippen molar-refractivity contribution in [2.75, 3.05) is 25.4 Å². The van der Waals surface area contributed by atoms with E-state index in [0.29, 0.717) is 36.7 Å². The van der Waals surface area contributed by atoms with Crippen molar-refractivity contribution in [2.45, 2.75) is 39.5 Å². The van der Waals surface area contributed by atoms with Crippen LogP contribution in [0.4, 0.5) is 5.69 Å². The summed E-state index contributed by atoms with van der Waals surface area (Å²) in [6.45, 7) is 6.04. The third-order valence-electron chi connectivity index (χ3n) is 4.36. The number of amides is 2. The number of hydrogen-bond acceptors (Lipinski definition) is 3. The SMILES string of the molecule is CCCC(=O)NCC1CCCN(C(=O)c2cc(N)ccc2C)C1. The number of nitrogen functional groups attached to an aromatic ring is 1. The molecular formula is C18H27N3O2. The van der Waals surface area contributed by atoms with E-state index in [4.69, 9.17) is 5.73 Å². The molecule has 0 spiro atoms. The number of carbonyl (C=O) groups is 2. The minimum absolute atomic E-state index is 0.0411. The molecule has 0 aliphatic carbocycles. The molecule has 126 valence electrons. The molecule has 1 unspecified atom stereocenters. The van der Waals surface area contributed by atoms with Crippen LogP contribution in [0.25, 0.3) is 0 Å². The molecule has 1 atom stereocenters. The summed E-state index contributed by atoms with van der Waals surface area (Å²) in [5, 5.41) is 2.98. The predicted molar refractivity (Wildman–Crippen MR) is 92.1 cm³/mol. The van der Waals surface area contributed by atoms with E-state index >= 15 is 0 Å². The van der Waals surface area contributed by atoms with Gasteiger partial charge in [-0.1, -0.05) is 13.0 Å². The number of aryl methyl sites for hydroxylation is 1. The fourth-order valence-electron chi connectivity index (χ4n) is 3.03. The van der Waals surface area contributed by atoms with E-state index < -0.39 is 0 Å². The normalized spacial score (nSPS) is 17.8. The number of piperidine rings is 1. The van der Waals surface area contributed by atoms with E-state index in [9.17, 15) is 9.59 Å². The third kappa shape index (κ3) is 4.71. The van der Waals surface area contributed by atoms with E-state index in [1.807, 2.05) is 30.9 Å². The van der Waals surface area contributed by atoms with Gasteiger partial charge in [-0.25, -0.2) is 0 Å². The van der Waals surface area contributed by atoms with Crippen LogP contribution < -0.4 is 11.1 Å². The Bertz CT molecular complexity index is 571. The summed E-state index contributed by atoms with van der Waals surface area (Å²) >= 11 is 0. The van der Waals surface area contributed by atoms with Gasteiger partial charge in [0.2, 0.25) is 5.91 Å². The van der Waals surface area contributed by atoms with Crippen LogP contribution in [0.5, 0.6) is 0 Å². The molecule has 1 fully saturated rings. The molecule has 1 aliphatic rings. The van der Waals surface area contributed by atoms with E-state index in [2.05, 4.69) is 5.32 Å². The summed E-state index contributed by atoms with van der Waals surface area (Å²) in [5.74, 6) is 0.469. The molecule has 5 heteroatoms. The second kappa shape index (κ2) is 7.99. The highest BCUT2D eigenvalue weighted by molar-refractivity contribution is 5.96. The highest BCUT2D eigenvalue weighted by atomic mass is 16.2. The zero-order valence-corrected chi connectivity index (χ0v) is 14.1. The van der Waals surface area contributed by atoms with Gasteiger partial charge in [0.1, 0.15) is 0 Å². The summed E-state index contributed by atoms with van der Waals surface area (Å²) in [7, 11) is 0. The Morgan fingerprint density at radius 3 is 2.91 bits per heavy atom. The van der Waals surface area contributed by atoms with Crippen molar-refractivity contribution >= 4 is 17.5 Å². The Morgan fingerprint density at radius 2 is 2.17 bits per heavy atom. The number of anilines is 1. The van der Waals surface area contributed by atoms with Crippen molar-refractivity contribution in [3.05, 3.63) is 29.3 Å². The first kappa shape index (κ1) is 17.3. The molecule has 1 aliphatic heterocycles. The summed E-state index contributed by atoms with van der Waals surface area (Å²) in [5.41, 5.74) is 8.05. The molecular weight excluding hydrogens is 290 g/mol. The third-order valence-corrected chi connectivity index (χ3v) is 4.36. The number of rotatable bonds is 5. The predicted octanol–water partition coefficient (Wildman–Crippen LogP) is 2.35. The summed E-state index contributed by atoms with van der Waals surface area (Å²) in [4.78, 5) is 26.2. The number of nitrogens with one attached hydrogen (secondary N) is 1. The quantitative estimate of drug-likeness (QED) is 0.819. The van der Waals surface area contributed by atoms with Gasteiger partial charge in [0, 0.05) is 37.3 Å². The van der Waals surface area contributed by atoms with Crippen LogP contribution in [-0.4, -0.2) is 36.3 Å². The number of nitrogens with zero attached hydrogens (tertiary/aromatic N) is 1. The Labute approximate surface area is 138 Å². The zero-order valence-electron chi connectivity index (χ0n) is 14.1. The lowest BCUT2D eigenvalue weighted by atomic mass is 9.96. The number of likely N-dealkylation sites (tertiary alicyclic amines) is 1. The maximum absolute atomic E-state index is 12.7. The molecule has 1 saturated heterocycles. The van der Waals surface area contributed by atoms with Crippen molar-refractivity contribution in [3.63, 3.8) is 0 Å². The monoisotopic (exact) mass is 317 g/mol. The molecule has 2 rings (SSSR count). The summed E-state index contributed by atoms with van der Waals surface area (Å²) < 4.78 is 0. The molecule has 5 nitrogen and oxygen atoms in total. The van der Waals surface area contributed by atoms with Crippen LogP contribution in [0, 0.1) is 12.8 Å². The lowest BCUT2D eigenvalue weighted by Crippen LogP contribution is -2.43. The smallest absolute Gasteiger partial charge is 0.254 e. The van der Waals surface area contributed by atoms with Crippen molar-refractivity contribution in [2.24, 2.45) is 5.92 Å². The lowest BCUT2D eigenvalue weighted by molar-refractivity contribution is -0.121. The Balaban J connectivity index is 1.96. The van der Waals surface area contributed by atoms with Gasteiger partial charge in [-0.05, 0) is 49.8 Å². The molecule has 1 aromatic carbocycles. The fourth-order valence-corrected chi connectivity index (χ4v) is 3.03. The number of benzene rings is 1. The van der Waals surface area contributed by atoms with E-state index in [0.717, 1.165) is 31.4 Å². The molecule has 1 heterocycles. The summed E-state index contributed by atoms with van der Waals surface area (Å²) in [6, 6.07) is 5.45. The minimum atomic E-state index is 0.0411. The number of hydrogen-bond donors (Lipinski definition) is 2. The van der Waals surface area contributed by atoms with Crippen LogP contribution >= 0.6 is 0 Å². The van der Waals surface area contributed by atoms with Crippen molar-refractivity contribution < 1.29 is 9.59 Å². The van der Waals surface area contributed by atoms with Gasteiger partial charge in [-0.15, -0.1) is 0 Å². The van der Waals surface area contributed by atoms with Crippen LogP contribution in [0.3, 0.4) is 0 Å². The molecule has 0 radical (unpaired) electrons. The fraction of sp³-hybridized carbons (Fsp3) is 0.556. The number of nitrogens with two attached hydrogens (primary N) is 1. The summed E-state index contributed by atoms with van der Waals surface area (Å²) in [6.07, 6.45) is 3.45. The van der Waals surface area contributed by atoms with Crippen molar-refractivity contribution in [3.8, 4) is 0 Å². The van der Waals surface area contributed by atoms with Gasteiger partial charge in [0.25, 0.3) is 5.91 Å². The van der Waals surface area contributed by atoms with E-state index in [1.54, 1.807) is 6.07 Å². The topological polar surface area (TPSA) is 75.4 Å². The molecule has 1 aromatic rings. The van der Waals surface area contributed by atoms with E-state index in [1.165, 1.54) is 0 Å². The van der Waals surface area contributed by atoms with Crippen LogP contribution in [-0.2, 0) is 4.79 Å². The molecule has 0 saturated carbocycles. The second-order valence-corrected chi connectivity index (χ2v) is 6.39. The molecule has 23 heavy (non-hydrogen) atoms. The highest BCUT2D eigenvalue weighted by Crippen LogP contribution is 2.21. The van der Waals surface area contributed by atoms with Crippen molar-refractivity contribution in [1.29, 1.82) is 0 Å². The Kier molecular flexibility index (Phi) is 6.02. The zero-order chi connectivity index (χ0) is 16.8. The van der Waals surface area contributed by atoms with Gasteiger partial charge in [0.15, 0.2) is 0 Å². The second-order valence-electron chi connectivity index (χ2n) is 6.39. The van der Waals surface area contributed by atoms with Gasteiger partial charge < -0.3 is 16.0 Å². The maximum atomic E-state index is 12.7.